The lowest BCUT2D eigenvalue weighted by atomic mass is 10.2. The van der Waals surface area contributed by atoms with Gasteiger partial charge in [-0.05, 0) is 12.5 Å². The molecule has 1 aliphatic rings. The molecule has 1 heterocycles. The Balaban J connectivity index is 0.00000249. The molecule has 32 heavy (non-hydrogen) atoms. The van der Waals surface area contributed by atoms with Gasteiger partial charge in [-0.1, -0.05) is 43.7 Å². The van der Waals surface area contributed by atoms with Crippen molar-refractivity contribution in [1.29, 1.82) is 0 Å². The molecule has 0 spiro atoms. The van der Waals surface area contributed by atoms with Crippen molar-refractivity contribution in [3.8, 4) is 0 Å². The monoisotopic (exact) mass is 468 g/mol. The van der Waals surface area contributed by atoms with E-state index in [1.54, 1.807) is 14.7 Å². The molecule has 0 radical (unpaired) electrons. The first-order valence-electron chi connectivity index (χ1n) is 11.0. The Hall–Kier alpha value is -2.06. The van der Waals surface area contributed by atoms with E-state index in [9.17, 15) is 24.4 Å². The summed E-state index contributed by atoms with van der Waals surface area (Å²) in [5.41, 5.74) is 2.19. The van der Waals surface area contributed by atoms with E-state index in [0.29, 0.717) is 58.5 Å². The van der Waals surface area contributed by atoms with E-state index in [0.717, 1.165) is 23.9 Å². The molecule has 2 amide bonds. The van der Waals surface area contributed by atoms with Gasteiger partial charge in [-0.3, -0.25) is 24.0 Å². The molecule has 0 aromatic heterocycles. The zero-order chi connectivity index (χ0) is 23.9. The highest BCUT2D eigenvalue weighted by Crippen LogP contribution is 2.39. The van der Waals surface area contributed by atoms with Gasteiger partial charge < -0.3 is 19.8 Å². The summed E-state index contributed by atoms with van der Waals surface area (Å²) in [5.74, 6) is -0.927. The van der Waals surface area contributed by atoms with Gasteiger partial charge in [0.2, 0.25) is 12.8 Å². The van der Waals surface area contributed by atoms with Gasteiger partial charge in [0.15, 0.2) is 0 Å². The van der Waals surface area contributed by atoms with Crippen molar-refractivity contribution >= 4 is 27.1 Å². The lowest BCUT2D eigenvalue weighted by Crippen LogP contribution is -2.45. The van der Waals surface area contributed by atoms with Crippen LogP contribution >= 0.6 is 8.30 Å². The number of carbonyl (C=O) groups is 3. The Morgan fingerprint density at radius 3 is 1.91 bits per heavy atom. The van der Waals surface area contributed by atoms with Gasteiger partial charge in [0, 0.05) is 58.5 Å². The fraction of sp³-hybridized carbons (Fsp3) is 0.591. The van der Waals surface area contributed by atoms with Crippen molar-refractivity contribution in [1.82, 2.24) is 19.4 Å². The van der Waals surface area contributed by atoms with Crippen LogP contribution in [-0.4, -0.2) is 107 Å². The van der Waals surface area contributed by atoms with Crippen molar-refractivity contribution in [3.63, 3.8) is 0 Å². The number of aryl methyl sites for hydroxylation is 1. The zero-order valence-corrected chi connectivity index (χ0v) is 20.3. The summed E-state index contributed by atoms with van der Waals surface area (Å²) in [6.45, 7) is 9.33. The maximum absolute atomic E-state index is 11.4. The van der Waals surface area contributed by atoms with Crippen LogP contribution in [0.25, 0.3) is 0 Å². The van der Waals surface area contributed by atoms with Gasteiger partial charge in [-0.2, -0.15) is 0 Å². The van der Waals surface area contributed by atoms with E-state index in [-0.39, 0.29) is 6.54 Å². The van der Waals surface area contributed by atoms with Gasteiger partial charge in [0.25, 0.3) is 0 Å². The normalized spacial score (nSPS) is 17.9. The van der Waals surface area contributed by atoms with Crippen LogP contribution in [0.2, 0.25) is 0 Å². The minimum Gasteiger partial charge on any atom is -0.480 e. The first-order valence-corrected chi connectivity index (χ1v) is 12.4. The number of rotatable bonds is 7. The van der Waals surface area contributed by atoms with Crippen molar-refractivity contribution in [2.45, 2.75) is 26.9 Å². The lowest BCUT2D eigenvalue weighted by Gasteiger charge is -2.33. The van der Waals surface area contributed by atoms with Crippen LogP contribution in [0.1, 0.15) is 25.0 Å². The molecular weight excluding hydrogens is 431 g/mol. The highest BCUT2D eigenvalue weighted by molar-refractivity contribution is 7.48. The molecule has 2 N–H and O–H groups in total. The van der Waals surface area contributed by atoms with Gasteiger partial charge in [-0.15, -0.1) is 0 Å². The van der Waals surface area contributed by atoms with Gasteiger partial charge in [0.05, 0.1) is 6.54 Å². The summed E-state index contributed by atoms with van der Waals surface area (Å²) in [4.78, 5) is 49.8. The Kier molecular flexibility index (Phi) is 13.7. The minimum absolute atomic E-state index is 0.123. The molecule has 180 valence electrons. The highest BCUT2D eigenvalue weighted by atomic mass is 31.2. The fourth-order valence-corrected chi connectivity index (χ4v) is 4.60. The average Bonchev–Trinajstić information content (AvgIpc) is 2.78. The summed E-state index contributed by atoms with van der Waals surface area (Å²) in [6.07, 6.45) is 2.01. The van der Waals surface area contributed by atoms with Gasteiger partial charge >= 0.3 is 5.97 Å². The van der Waals surface area contributed by atoms with Gasteiger partial charge in [0.1, 0.15) is 8.30 Å². The minimum atomic E-state index is -1.47. The Labute approximate surface area is 192 Å². The van der Waals surface area contributed by atoms with E-state index in [1.807, 2.05) is 49.7 Å². The largest absolute Gasteiger partial charge is 0.480 e. The predicted octanol–water partition coefficient (Wildman–Crippen LogP) is 1.44. The topological polar surface area (TPSA) is 105 Å². The molecule has 1 atom stereocenters. The molecule has 1 aliphatic heterocycles. The summed E-state index contributed by atoms with van der Waals surface area (Å²) >= 11 is 0. The molecule has 10 heteroatoms. The Morgan fingerprint density at radius 1 is 0.906 bits per heavy atom. The molecule has 1 saturated heterocycles. The second-order valence-corrected chi connectivity index (χ2v) is 9.05. The van der Waals surface area contributed by atoms with Crippen LogP contribution in [0.4, 0.5) is 0 Å². The van der Waals surface area contributed by atoms with Crippen LogP contribution in [0.15, 0.2) is 24.3 Å². The predicted molar refractivity (Wildman–Crippen MR) is 126 cm³/mol. The summed E-state index contributed by atoms with van der Waals surface area (Å²) in [5, 5.41) is 9.21. The number of benzene rings is 1. The number of carboxylic acid groups (broad SMARTS) is 1. The second kappa shape index (κ2) is 15.7. The van der Waals surface area contributed by atoms with Crippen LogP contribution < -0.4 is 0 Å². The fourth-order valence-electron chi connectivity index (χ4n) is 3.22. The molecule has 0 saturated carbocycles. The van der Waals surface area contributed by atoms with Crippen molar-refractivity contribution in [2.75, 3.05) is 58.9 Å². The number of hydrogen-bond acceptors (Lipinski definition) is 6. The summed E-state index contributed by atoms with van der Waals surface area (Å²) in [7, 11) is -1.47. The first kappa shape index (κ1) is 28.0. The Bertz CT molecular complexity index is 691. The first-order chi connectivity index (χ1) is 15.4. The van der Waals surface area contributed by atoms with E-state index >= 15 is 0 Å². The van der Waals surface area contributed by atoms with Crippen LogP contribution in [0, 0.1) is 6.92 Å². The van der Waals surface area contributed by atoms with E-state index in [1.165, 1.54) is 0 Å². The molecule has 0 aliphatic carbocycles. The van der Waals surface area contributed by atoms with Crippen molar-refractivity contribution in [3.05, 3.63) is 35.4 Å². The molecule has 0 bridgehead atoms. The van der Waals surface area contributed by atoms with E-state index in [4.69, 9.17) is 0 Å². The molecule has 9 nitrogen and oxygen atoms in total. The number of carbonyl (C=O) groups excluding carboxylic acids is 2. The standard InChI is InChI=1S/C20H31N4O5P.C2H6/c1-18-2-4-19(5-3-18)15-30(29)24-12-10-21(14-20(27)28)6-7-22(16-25)8-9-23(17-26)11-13-24;1-2/h2-5,16-17,29H,6-15H2,1H3,(H,27,28);1-2H3. The smallest absolute Gasteiger partial charge is 0.317 e. The third-order valence-corrected chi connectivity index (χ3v) is 6.83. The van der Waals surface area contributed by atoms with Crippen molar-refractivity contribution < 1.29 is 24.4 Å². The molecule has 1 fully saturated rings. The second-order valence-electron chi connectivity index (χ2n) is 7.42. The lowest BCUT2D eigenvalue weighted by molar-refractivity contribution is -0.138. The van der Waals surface area contributed by atoms with Crippen molar-refractivity contribution in [2.24, 2.45) is 0 Å². The summed E-state index contributed by atoms with van der Waals surface area (Å²) < 4.78 is 1.94. The number of nitrogens with zero attached hydrogens (tertiary/aromatic N) is 4. The maximum atomic E-state index is 11.4. The van der Waals surface area contributed by atoms with Crippen LogP contribution in [0.3, 0.4) is 0 Å². The quantitative estimate of drug-likeness (QED) is 0.461. The molecule has 1 unspecified atom stereocenters. The number of amides is 2. The number of carboxylic acids is 1. The molecule has 1 aromatic carbocycles. The molecular formula is C22H37N4O5P. The number of hydrogen-bond donors (Lipinski definition) is 2. The maximum Gasteiger partial charge on any atom is 0.317 e. The van der Waals surface area contributed by atoms with Gasteiger partial charge in [-0.25, -0.2) is 0 Å². The number of aliphatic carboxylic acids is 1. The molecule has 1 aromatic rings. The van der Waals surface area contributed by atoms with E-state index in [2.05, 4.69) is 0 Å². The van der Waals surface area contributed by atoms with Crippen LogP contribution in [0.5, 0.6) is 0 Å². The zero-order valence-electron chi connectivity index (χ0n) is 19.4. The Morgan fingerprint density at radius 2 is 1.38 bits per heavy atom. The molecule has 2 rings (SSSR count). The highest BCUT2D eigenvalue weighted by Gasteiger charge is 2.21. The average molecular weight is 469 g/mol. The third-order valence-electron chi connectivity index (χ3n) is 5.13. The summed E-state index contributed by atoms with van der Waals surface area (Å²) in [6, 6.07) is 8.02. The van der Waals surface area contributed by atoms with Crippen LogP contribution in [-0.2, 0) is 20.5 Å². The SMILES string of the molecule is CC.Cc1ccc(CP(O)N2CCN(C=O)CCN(C=O)CCN(CC(=O)O)CC2)cc1. The van der Waals surface area contributed by atoms with E-state index < -0.39 is 14.3 Å². The third kappa shape index (κ3) is 10.5.